The van der Waals surface area contributed by atoms with Gasteiger partial charge in [-0.3, -0.25) is 4.57 Å². The van der Waals surface area contributed by atoms with Gasteiger partial charge in [-0.25, -0.2) is 4.98 Å². The van der Waals surface area contributed by atoms with E-state index in [-0.39, 0.29) is 0 Å². The Balaban J connectivity index is 1.82. The van der Waals surface area contributed by atoms with Crippen LogP contribution in [0.4, 0.5) is 5.69 Å². The quantitative estimate of drug-likeness (QED) is 0.481. The number of fused-ring (bicyclic) bond motifs is 3. The van der Waals surface area contributed by atoms with Gasteiger partial charge in [0, 0.05) is 34.8 Å². The van der Waals surface area contributed by atoms with Crippen molar-refractivity contribution >= 4 is 33.6 Å². The van der Waals surface area contributed by atoms with Gasteiger partial charge in [-0.2, -0.15) is 0 Å². The highest BCUT2D eigenvalue weighted by atomic mass is 15.1. The molecule has 0 bridgehead atoms. The molecule has 0 spiro atoms. The molecule has 0 atom stereocenters. The molecule has 2 aromatic carbocycles. The molecule has 3 heterocycles. The van der Waals surface area contributed by atoms with E-state index in [0.717, 1.165) is 27.9 Å². The number of rotatable bonds is 3. The maximum Gasteiger partial charge on any atom is 0.495 e. The fourth-order valence-electron chi connectivity index (χ4n) is 3.58. The normalized spacial score (nSPS) is 13.6. The molecule has 1 aliphatic rings. The summed E-state index contributed by atoms with van der Waals surface area (Å²) in [5, 5.41) is 2.37. The van der Waals surface area contributed by atoms with Crippen molar-refractivity contribution in [3.05, 3.63) is 79.3 Å². The van der Waals surface area contributed by atoms with Gasteiger partial charge in [0.1, 0.15) is 5.65 Å². The van der Waals surface area contributed by atoms with E-state index in [4.69, 9.17) is 0 Å². The summed E-state index contributed by atoms with van der Waals surface area (Å²) in [4.78, 5) is 4.67. The Morgan fingerprint density at radius 3 is 2.56 bits per heavy atom. The van der Waals surface area contributed by atoms with Crippen LogP contribution >= 0.6 is 0 Å². The first kappa shape index (κ1) is 15.7. The Morgan fingerprint density at radius 1 is 0.926 bits per heavy atom. The van der Waals surface area contributed by atoms with Crippen LogP contribution in [0.5, 0.6) is 0 Å². The Hall–Kier alpha value is -3.49. The number of hydrogen-bond acceptors (Lipinski definition) is 1. The fraction of sp³-hybridized carbons (Fsp3) is 0.130. The Kier molecular flexibility index (Phi) is 3.52. The van der Waals surface area contributed by atoms with Crippen molar-refractivity contribution < 1.29 is 9.15 Å². The van der Waals surface area contributed by atoms with Crippen LogP contribution < -0.4 is 0 Å². The van der Waals surface area contributed by atoms with Crippen LogP contribution in [0, 0.1) is 0 Å². The highest BCUT2D eigenvalue weighted by Crippen LogP contribution is 2.33. The lowest BCUT2D eigenvalue weighted by atomic mass is 10.2. The summed E-state index contributed by atoms with van der Waals surface area (Å²) in [6.45, 7) is 4.31. The van der Waals surface area contributed by atoms with Crippen LogP contribution in [0.3, 0.4) is 0 Å². The maximum atomic E-state index is 4.67. The molecule has 5 rings (SSSR count). The second kappa shape index (κ2) is 6.04. The summed E-state index contributed by atoms with van der Waals surface area (Å²) >= 11 is 0. The third kappa shape index (κ3) is 2.50. The van der Waals surface area contributed by atoms with Crippen molar-refractivity contribution in [3.63, 3.8) is 0 Å². The van der Waals surface area contributed by atoms with Gasteiger partial charge >= 0.3 is 6.01 Å². The SMILES string of the molecule is CC(C)[N+]1=C=[N+](c2ccc3c4cccnc4n(-c4ccccc4)c3c2)C=C1. The van der Waals surface area contributed by atoms with Crippen molar-refractivity contribution in [2.75, 3.05) is 0 Å². The lowest BCUT2D eigenvalue weighted by Crippen LogP contribution is -2.11. The maximum absolute atomic E-state index is 4.67. The van der Waals surface area contributed by atoms with E-state index in [0.29, 0.717) is 6.04 Å². The van der Waals surface area contributed by atoms with Crippen LogP contribution in [0.15, 0.2) is 79.3 Å². The summed E-state index contributed by atoms with van der Waals surface area (Å²) in [5.41, 5.74) is 4.32. The molecule has 0 unspecified atom stereocenters. The number of hydrogen-bond donors (Lipinski definition) is 0. The van der Waals surface area contributed by atoms with Crippen LogP contribution in [0.2, 0.25) is 0 Å². The van der Waals surface area contributed by atoms with Crippen LogP contribution in [0.25, 0.3) is 27.6 Å². The summed E-state index contributed by atoms with van der Waals surface area (Å²) in [5.74, 6) is 0. The molecule has 27 heavy (non-hydrogen) atoms. The largest absolute Gasteiger partial charge is 0.495 e. The van der Waals surface area contributed by atoms with Gasteiger partial charge in [-0.15, -0.1) is 0 Å². The fourth-order valence-corrected chi connectivity index (χ4v) is 3.58. The molecule has 4 aromatic rings. The number of para-hydroxylation sites is 1. The number of pyridine rings is 1. The van der Waals surface area contributed by atoms with Gasteiger partial charge in [0.15, 0.2) is 6.04 Å². The summed E-state index contributed by atoms with van der Waals surface area (Å²) < 4.78 is 6.35. The molecule has 0 saturated heterocycles. The third-order valence-electron chi connectivity index (χ3n) is 4.96. The molecule has 0 fully saturated rings. The van der Waals surface area contributed by atoms with E-state index < -0.39 is 0 Å². The number of benzene rings is 2. The number of aromatic nitrogens is 2. The minimum atomic E-state index is 0.384. The topological polar surface area (TPSA) is 23.8 Å². The predicted octanol–water partition coefficient (Wildman–Crippen LogP) is 4.90. The molecule has 4 nitrogen and oxygen atoms in total. The number of nitrogens with zero attached hydrogens (tertiary/aromatic N) is 4. The lowest BCUT2D eigenvalue weighted by molar-refractivity contribution is -0.491. The zero-order valence-corrected chi connectivity index (χ0v) is 15.4. The van der Waals surface area contributed by atoms with E-state index >= 15 is 0 Å². The molecule has 0 amide bonds. The van der Waals surface area contributed by atoms with E-state index in [1.54, 1.807) is 0 Å². The standard InChI is InChI=1S/C23H20N4/c1-17(2)25-13-14-26(16-25)19-10-11-20-21-9-6-12-24-23(21)27(22(20)15-19)18-7-4-3-5-8-18/h3-15,17H,1-2H3/q+2. The minimum Gasteiger partial charge on any atom is -0.294 e. The molecule has 1 aliphatic heterocycles. The van der Waals surface area contributed by atoms with Gasteiger partial charge < -0.3 is 0 Å². The predicted molar refractivity (Wildman–Crippen MR) is 108 cm³/mol. The monoisotopic (exact) mass is 352 g/mol. The third-order valence-corrected chi connectivity index (χ3v) is 4.96. The Labute approximate surface area is 157 Å². The first-order chi connectivity index (χ1) is 13.2. The molecule has 0 radical (unpaired) electrons. The smallest absolute Gasteiger partial charge is 0.294 e. The minimum absolute atomic E-state index is 0.384. The summed E-state index contributed by atoms with van der Waals surface area (Å²) in [6, 6.07) is 24.9. The molecule has 130 valence electrons. The second-order valence-electron chi connectivity index (χ2n) is 7.02. The Morgan fingerprint density at radius 2 is 1.78 bits per heavy atom. The van der Waals surface area contributed by atoms with Gasteiger partial charge in [-0.1, -0.05) is 27.4 Å². The molecule has 2 aromatic heterocycles. The molecule has 0 saturated carbocycles. The summed E-state index contributed by atoms with van der Waals surface area (Å²) in [7, 11) is 0. The van der Waals surface area contributed by atoms with Gasteiger partial charge in [-0.05, 0) is 44.2 Å². The zero-order chi connectivity index (χ0) is 18.4. The first-order valence-corrected chi connectivity index (χ1v) is 9.19. The van der Waals surface area contributed by atoms with E-state index in [2.05, 4.69) is 94.9 Å². The average Bonchev–Trinajstić information content (AvgIpc) is 3.31. The van der Waals surface area contributed by atoms with Crippen molar-refractivity contribution in [3.8, 4) is 5.69 Å². The van der Waals surface area contributed by atoms with Crippen molar-refractivity contribution in [2.45, 2.75) is 19.9 Å². The van der Waals surface area contributed by atoms with Crippen LogP contribution in [-0.2, 0) is 0 Å². The molecule has 0 aliphatic carbocycles. The van der Waals surface area contributed by atoms with Crippen molar-refractivity contribution in [2.24, 2.45) is 0 Å². The van der Waals surface area contributed by atoms with E-state index in [1.165, 1.54) is 5.39 Å². The first-order valence-electron chi connectivity index (χ1n) is 9.19. The zero-order valence-electron chi connectivity index (χ0n) is 15.4. The lowest BCUT2D eigenvalue weighted by Gasteiger charge is -2.06. The van der Waals surface area contributed by atoms with Crippen molar-refractivity contribution in [1.29, 1.82) is 0 Å². The highest BCUT2D eigenvalue weighted by Gasteiger charge is 2.23. The molecule has 0 N–H and O–H groups in total. The van der Waals surface area contributed by atoms with Crippen LogP contribution in [0.1, 0.15) is 13.8 Å². The Bertz CT molecular complexity index is 1270. The van der Waals surface area contributed by atoms with E-state index in [1.807, 2.05) is 22.9 Å². The van der Waals surface area contributed by atoms with E-state index in [9.17, 15) is 0 Å². The molecule has 4 heteroatoms. The van der Waals surface area contributed by atoms with Gasteiger partial charge in [0.25, 0.3) is 6.20 Å². The average molecular weight is 352 g/mol. The van der Waals surface area contributed by atoms with Crippen molar-refractivity contribution in [1.82, 2.24) is 9.55 Å². The van der Waals surface area contributed by atoms with Crippen LogP contribution in [-0.4, -0.2) is 30.8 Å². The molecular weight excluding hydrogens is 332 g/mol. The van der Waals surface area contributed by atoms with Gasteiger partial charge in [0.05, 0.1) is 5.52 Å². The summed E-state index contributed by atoms with van der Waals surface area (Å²) in [6.07, 6.45) is 5.96. The van der Waals surface area contributed by atoms with Gasteiger partial charge in [0.2, 0.25) is 11.9 Å². The molecular formula is C23H20N4+2. The second-order valence-corrected chi connectivity index (χ2v) is 7.02. The highest BCUT2D eigenvalue weighted by molar-refractivity contribution is 6.08.